The van der Waals surface area contributed by atoms with Gasteiger partial charge in [-0.1, -0.05) is 32.1 Å². The highest BCUT2D eigenvalue weighted by molar-refractivity contribution is 5.88. The molecular weight excluding hydrogens is 512 g/mol. The Morgan fingerprint density at radius 1 is 0.951 bits per heavy atom. The van der Waals surface area contributed by atoms with E-state index in [9.17, 15) is 0 Å². The molecule has 41 heavy (non-hydrogen) atoms. The predicted octanol–water partition coefficient (Wildman–Crippen LogP) is 4.25. The Bertz CT molecular complexity index is 1220. The van der Waals surface area contributed by atoms with Crippen molar-refractivity contribution in [2.75, 3.05) is 76.2 Å². The Hall–Kier alpha value is -3.27. The number of allylic oxidation sites excluding steroid dienone is 2. The Labute approximate surface area is 245 Å². The van der Waals surface area contributed by atoms with Crippen molar-refractivity contribution in [3.63, 3.8) is 0 Å². The smallest absolute Gasteiger partial charge is 0.219 e. The van der Waals surface area contributed by atoms with Gasteiger partial charge in [-0.3, -0.25) is 4.90 Å². The van der Waals surface area contributed by atoms with Crippen molar-refractivity contribution < 1.29 is 4.74 Å². The summed E-state index contributed by atoms with van der Waals surface area (Å²) in [7, 11) is 0. The number of aliphatic imine (C=N–C) groups is 1. The van der Waals surface area contributed by atoms with Crippen LogP contribution in [0.25, 0.3) is 5.70 Å². The number of aromatic nitrogens is 2. The van der Waals surface area contributed by atoms with Gasteiger partial charge >= 0.3 is 0 Å². The molecule has 0 saturated carbocycles. The summed E-state index contributed by atoms with van der Waals surface area (Å²) in [6.45, 7) is 17.5. The van der Waals surface area contributed by atoms with E-state index in [-0.39, 0.29) is 5.95 Å². The molecule has 9 heteroatoms. The number of piperazine rings is 1. The van der Waals surface area contributed by atoms with E-state index in [0.717, 1.165) is 82.4 Å². The van der Waals surface area contributed by atoms with E-state index >= 15 is 0 Å². The summed E-state index contributed by atoms with van der Waals surface area (Å²) < 4.78 is 5.57. The van der Waals surface area contributed by atoms with Crippen LogP contribution in [0.3, 0.4) is 0 Å². The SMILES string of the molecule is CC/C=C1/C(=C(\N=C(/C)N2CCOCC2)c2cnc(N)nc2)CCN1c1ccc(CN2CCN(CCC)CC2)cc1. The zero-order valence-corrected chi connectivity index (χ0v) is 25.1. The first kappa shape index (κ1) is 29.2. The average Bonchev–Trinajstić information content (AvgIpc) is 3.41. The number of amidine groups is 1. The number of nitrogens with two attached hydrogens (primary N) is 1. The summed E-state index contributed by atoms with van der Waals surface area (Å²) in [6, 6.07) is 9.16. The average molecular weight is 559 g/mol. The fraction of sp³-hybridized carbons (Fsp3) is 0.531. The van der Waals surface area contributed by atoms with Crippen molar-refractivity contribution >= 4 is 23.2 Å². The number of rotatable bonds is 8. The molecule has 3 aliphatic rings. The summed E-state index contributed by atoms with van der Waals surface area (Å²) >= 11 is 0. The highest BCUT2D eigenvalue weighted by atomic mass is 16.5. The minimum absolute atomic E-state index is 0.271. The molecule has 1 aromatic carbocycles. The number of morpholine rings is 1. The van der Waals surface area contributed by atoms with Crippen molar-refractivity contribution in [3.05, 3.63) is 65.1 Å². The molecule has 0 spiro atoms. The first-order chi connectivity index (χ1) is 20.1. The molecule has 2 N–H and O–H groups in total. The van der Waals surface area contributed by atoms with Gasteiger partial charge in [-0.2, -0.15) is 0 Å². The van der Waals surface area contributed by atoms with Crippen LogP contribution >= 0.6 is 0 Å². The van der Waals surface area contributed by atoms with Crippen LogP contribution in [-0.2, 0) is 11.3 Å². The van der Waals surface area contributed by atoms with Gasteiger partial charge in [-0.15, -0.1) is 0 Å². The standard InChI is InChI=1S/C32H46N8O/c1-4-6-30-29(31(27-22-34-32(33)35-23-27)36-25(3)39-18-20-41-21-19-39)11-13-40(30)28-9-7-26(8-10-28)24-38-16-14-37(12-5-2)15-17-38/h6-10,22-23H,4-5,11-21,24H2,1-3H3,(H2,33,34,35)/b30-6-,31-29-,36-25+. The first-order valence-electron chi connectivity index (χ1n) is 15.3. The third-order valence-electron chi connectivity index (χ3n) is 8.22. The quantitative estimate of drug-likeness (QED) is 0.380. The fourth-order valence-corrected chi connectivity index (χ4v) is 5.98. The van der Waals surface area contributed by atoms with Crippen molar-refractivity contribution in [2.24, 2.45) is 4.99 Å². The minimum Gasteiger partial charge on any atom is -0.378 e. The summed E-state index contributed by atoms with van der Waals surface area (Å²) in [5.74, 6) is 1.26. The number of hydrogen-bond acceptors (Lipinski definition) is 8. The molecule has 220 valence electrons. The number of hydrogen-bond donors (Lipinski definition) is 1. The van der Waals surface area contributed by atoms with Gasteiger partial charge in [0.05, 0.1) is 18.9 Å². The van der Waals surface area contributed by atoms with E-state index in [2.05, 4.69) is 80.7 Å². The lowest BCUT2D eigenvalue weighted by Crippen LogP contribution is -2.45. The largest absolute Gasteiger partial charge is 0.378 e. The van der Waals surface area contributed by atoms with Crippen molar-refractivity contribution in [3.8, 4) is 0 Å². The molecule has 3 fully saturated rings. The van der Waals surface area contributed by atoms with Crippen LogP contribution in [0.5, 0.6) is 0 Å². The molecule has 4 heterocycles. The number of benzene rings is 1. The van der Waals surface area contributed by atoms with E-state index in [4.69, 9.17) is 15.5 Å². The molecule has 0 aliphatic carbocycles. The summed E-state index contributed by atoms with van der Waals surface area (Å²) in [5, 5.41) is 0. The third-order valence-corrected chi connectivity index (χ3v) is 8.22. The summed E-state index contributed by atoms with van der Waals surface area (Å²) in [5.41, 5.74) is 12.7. The second kappa shape index (κ2) is 14.1. The van der Waals surface area contributed by atoms with Gasteiger partial charge in [0.15, 0.2) is 0 Å². The third kappa shape index (κ3) is 7.33. The second-order valence-corrected chi connectivity index (χ2v) is 11.1. The number of nitrogens with zero attached hydrogens (tertiary/aromatic N) is 7. The lowest BCUT2D eigenvalue weighted by molar-refractivity contribution is 0.0678. The lowest BCUT2D eigenvalue weighted by Gasteiger charge is -2.34. The monoisotopic (exact) mass is 558 g/mol. The van der Waals surface area contributed by atoms with Crippen LogP contribution in [0.4, 0.5) is 11.6 Å². The molecule has 0 atom stereocenters. The molecule has 1 aromatic heterocycles. The molecule has 9 nitrogen and oxygen atoms in total. The zero-order chi connectivity index (χ0) is 28.6. The van der Waals surface area contributed by atoms with Gasteiger partial charge in [0.1, 0.15) is 5.84 Å². The van der Waals surface area contributed by atoms with E-state index < -0.39 is 0 Å². The highest BCUT2D eigenvalue weighted by Gasteiger charge is 2.28. The van der Waals surface area contributed by atoms with Crippen LogP contribution in [0.1, 0.15) is 51.2 Å². The van der Waals surface area contributed by atoms with Crippen LogP contribution in [0, 0.1) is 0 Å². The van der Waals surface area contributed by atoms with E-state index in [1.165, 1.54) is 48.6 Å². The molecule has 3 saturated heterocycles. The Morgan fingerprint density at radius 3 is 2.29 bits per heavy atom. The van der Waals surface area contributed by atoms with Gasteiger partial charge < -0.3 is 25.2 Å². The molecule has 3 aliphatic heterocycles. The normalized spacial score (nSPS) is 21.6. The molecule has 0 radical (unpaired) electrons. The fourth-order valence-electron chi connectivity index (χ4n) is 5.98. The highest BCUT2D eigenvalue weighted by Crippen LogP contribution is 2.38. The van der Waals surface area contributed by atoms with Crippen LogP contribution in [0.15, 0.2) is 59.0 Å². The first-order valence-corrected chi connectivity index (χ1v) is 15.3. The maximum atomic E-state index is 5.84. The predicted molar refractivity (Wildman–Crippen MR) is 168 cm³/mol. The van der Waals surface area contributed by atoms with Crippen LogP contribution in [0.2, 0.25) is 0 Å². The Balaban J connectivity index is 1.38. The van der Waals surface area contributed by atoms with E-state index in [1.807, 2.05) is 0 Å². The molecular formula is C32H46N8O. The number of anilines is 2. The number of nitrogen functional groups attached to an aromatic ring is 1. The van der Waals surface area contributed by atoms with Gasteiger partial charge in [0.25, 0.3) is 0 Å². The Kier molecular flexibility index (Phi) is 10.0. The summed E-state index contributed by atoms with van der Waals surface area (Å²) in [6.07, 6.45) is 8.99. The molecule has 0 amide bonds. The van der Waals surface area contributed by atoms with E-state index in [1.54, 1.807) is 12.4 Å². The Morgan fingerprint density at radius 2 is 1.63 bits per heavy atom. The molecule has 5 rings (SSSR count). The maximum absolute atomic E-state index is 5.84. The van der Waals surface area contributed by atoms with Gasteiger partial charge in [-0.05, 0) is 50.4 Å². The minimum atomic E-state index is 0.271. The van der Waals surface area contributed by atoms with E-state index in [0.29, 0.717) is 0 Å². The van der Waals surface area contributed by atoms with Crippen molar-refractivity contribution in [1.82, 2.24) is 24.7 Å². The topological polar surface area (TPSA) is 86.3 Å². The second-order valence-electron chi connectivity index (χ2n) is 11.1. The number of ether oxygens (including phenoxy) is 1. The molecule has 2 aromatic rings. The van der Waals surface area contributed by atoms with Crippen molar-refractivity contribution in [1.29, 1.82) is 0 Å². The summed E-state index contributed by atoms with van der Waals surface area (Å²) in [4.78, 5) is 23.7. The zero-order valence-electron chi connectivity index (χ0n) is 25.1. The van der Waals surface area contributed by atoms with Crippen LogP contribution in [-0.4, -0.2) is 96.1 Å². The molecule has 0 bridgehead atoms. The maximum Gasteiger partial charge on any atom is 0.219 e. The molecule has 0 unspecified atom stereocenters. The van der Waals surface area contributed by atoms with Crippen LogP contribution < -0.4 is 10.6 Å². The lowest BCUT2D eigenvalue weighted by atomic mass is 10.0. The van der Waals surface area contributed by atoms with Gasteiger partial charge in [0, 0.05) is 87.3 Å². The van der Waals surface area contributed by atoms with Gasteiger partial charge in [0.2, 0.25) is 5.95 Å². The van der Waals surface area contributed by atoms with Gasteiger partial charge in [-0.25, -0.2) is 15.0 Å². The van der Waals surface area contributed by atoms with Crippen molar-refractivity contribution in [2.45, 2.75) is 46.6 Å².